The predicted octanol–water partition coefficient (Wildman–Crippen LogP) is -0.373. The van der Waals surface area contributed by atoms with Crippen molar-refractivity contribution in [3.05, 3.63) is 29.3 Å². The number of imide groups is 1. The lowest BCUT2D eigenvalue weighted by molar-refractivity contribution is -0.143. The van der Waals surface area contributed by atoms with Gasteiger partial charge in [-0.1, -0.05) is 18.2 Å². The molecular formula is C20H24N4O5. The molecule has 9 nitrogen and oxygen atoms in total. The van der Waals surface area contributed by atoms with Gasteiger partial charge in [-0.2, -0.15) is 0 Å². The third-order valence-corrected chi connectivity index (χ3v) is 6.27. The topological polar surface area (TPSA) is 131 Å². The van der Waals surface area contributed by atoms with Gasteiger partial charge in [-0.15, -0.1) is 0 Å². The van der Waals surface area contributed by atoms with E-state index in [2.05, 4.69) is 10.6 Å². The van der Waals surface area contributed by atoms with Crippen LogP contribution in [0.15, 0.2) is 18.2 Å². The number of hydrogen-bond acceptors (Lipinski definition) is 6. The summed E-state index contributed by atoms with van der Waals surface area (Å²) in [6, 6.07) is 4.99. The number of carbonyl (C=O) groups is 4. The van der Waals surface area contributed by atoms with E-state index in [0.29, 0.717) is 11.3 Å². The molecular weight excluding hydrogens is 376 g/mol. The van der Waals surface area contributed by atoms with Gasteiger partial charge < -0.3 is 15.8 Å². The molecule has 9 heteroatoms. The van der Waals surface area contributed by atoms with Crippen LogP contribution in [0.2, 0.25) is 0 Å². The van der Waals surface area contributed by atoms with Gasteiger partial charge in [0.25, 0.3) is 0 Å². The summed E-state index contributed by atoms with van der Waals surface area (Å²) in [6.07, 6.45) is 0.322. The molecule has 29 heavy (non-hydrogen) atoms. The number of likely N-dealkylation sites (tertiary alicyclic amines) is 1. The summed E-state index contributed by atoms with van der Waals surface area (Å²) in [7, 11) is 1.49. The number of nitrogens with one attached hydrogen (secondary N) is 2. The molecule has 0 aliphatic carbocycles. The van der Waals surface area contributed by atoms with Gasteiger partial charge in [-0.05, 0) is 18.9 Å². The van der Waals surface area contributed by atoms with E-state index >= 15 is 0 Å². The van der Waals surface area contributed by atoms with E-state index in [0.717, 1.165) is 5.56 Å². The average molecular weight is 400 g/mol. The van der Waals surface area contributed by atoms with Crippen molar-refractivity contribution in [2.75, 3.05) is 25.6 Å². The lowest BCUT2D eigenvalue weighted by atomic mass is 9.76. The molecule has 4 atom stereocenters. The molecule has 0 radical (unpaired) electrons. The zero-order chi connectivity index (χ0) is 20.9. The Kier molecular flexibility index (Phi) is 4.66. The van der Waals surface area contributed by atoms with E-state index in [1.54, 1.807) is 6.07 Å². The largest absolute Gasteiger partial charge is 0.383 e. The summed E-state index contributed by atoms with van der Waals surface area (Å²) in [6.45, 7) is 2.22. The Morgan fingerprint density at radius 3 is 2.72 bits per heavy atom. The van der Waals surface area contributed by atoms with Crippen LogP contribution in [0, 0.1) is 18.8 Å². The van der Waals surface area contributed by atoms with E-state index < -0.39 is 35.2 Å². The lowest BCUT2D eigenvalue weighted by Gasteiger charge is -2.29. The van der Waals surface area contributed by atoms with Crippen LogP contribution in [0.4, 0.5) is 5.69 Å². The second kappa shape index (κ2) is 6.93. The number of benzene rings is 1. The van der Waals surface area contributed by atoms with Gasteiger partial charge in [-0.3, -0.25) is 29.4 Å². The molecule has 1 spiro atoms. The number of para-hydroxylation sites is 1. The predicted molar refractivity (Wildman–Crippen MR) is 102 cm³/mol. The fourth-order valence-electron chi connectivity index (χ4n) is 4.98. The first-order valence-corrected chi connectivity index (χ1v) is 9.64. The first-order chi connectivity index (χ1) is 13.8. The Labute approximate surface area is 167 Å². The van der Waals surface area contributed by atoms with Crippen LogP contribution in [0.5, 0.6) is 0 Å². The highest BCUT2D eigenvalue weighted by atomic mass is 16.5. The molecule has 4 N–H and O–H groups in total. The van der Waals surface area contributed by atoms with Crippen molar-refractivity contribution in [1.82, 2.24) is 10.2 Å². The van der Waals surface area contributed by atoms with Crippen molar-refractivity contribution in [2.24, 2.45) is 17.6 Å². The number of nitrogens with two attached hydrogens (primary N) is 1. The monoisotopic (exact) mass is 400 g/mol. The van der Waals surface area contributed by atoms with Gasteiger partial charge in [0, 0.05) is 30.8 Å². The van der Waals surface area contributed by atoms with Crippen molar-refractivity contribution in [3.63, 3.8) is 0 Å². The molecule has 154 valence electrons. The molecule has 3 aliphatic rings. The molecule has 4 rings (SSSR count). The number of amides is 4. The maximum absolute atomic E-state index is 13.3. The van der Waals surface area contributed by atoms with Crippen LogP contribution in [-0.4, -0.2) is 54.8 Å². The molecule has 0 saturated carbocycles. The van der Waals surface area contributed by atoms with Gasteiger partial charge in [0.15, 0.2) is 0 Å². The van der Waals surface area contributed by atoms with Crippen LogP contribution in [0.3, 0.4) is 0 Å². The minimum atomic E-state index is -1.34. The Hall–Kier alpha value is -2.78. The highest BCUT2D eigenvalue weighted by molar-refractivity contribution is 6.15. The Balaban J connectivity index is 1.81. The third-order valence-electron chi connectivity index (χ3n) is 6.27. The van der Waals surface area contributed by atoms with E-state index in [9.17, 15) is 19.2 Å². The Morgan fingerprint density at radius 1 is 1.28 bits per heavy atom. The minimum absolute atomic E-state index is 0.0544. The summed E-state index contributed by atoms with van der Waals surface area (Å²) in [5.74, 6) is -3.21. The molecule has 3 aliphatic heterocycles. The summed E-state index contributed by atoms with van der Waals surface area (Å²) in [5, 5.41) is 6.17. The number of nitrogens with zero attached hydrogens (tertiary/aromatic N) is 1. The van der Waals surface area contributed by atoms with Crippen molar-refractivity contribution >= 4 is 29.3 Å². The van der Waals surface area contributed by atoms with E-state index in [4.69, 9.17) is 10.5 Å². The van der Waals surface area contributed by atoms with Crippen LogP contribution >= 0.6 is 0 Å². The summed E-state index contributed by atoms with van der Waals surface area (Å²) in [5.41, 5.74) is 6.16. The van der Waals surface area contributed by atoms with E-state index in [-0.39, 0.29) is 37.8 Å². The van der Waals surface area contributed by atoms with Crippen LogP contribution < -0.4 is 16.4 Å². The molecule has 1 aromatic rings. The first kappa shape index (κ1) is 19.5. The van der Waals surface area contributed by atoms with Crippen LogP contribution in [0.25, 0.3) is 0 Å². The van der Waals surface area contributed by atoms with Crippen LogP contribution in [-0.2, 0) is 29.5 Å². The highest BCUT2D eigenvalue weighted by Gasteiger charge is 2.70. The van der Waals surface area contributed by atoms with E-state index in [1.165, 1.54) is 12.0 Å². The second-order valence-corrected chi connectivity index (χ2v) is 7.84. The number of methoxy groups -OCH3 is 1. The number of hydrogen-bond donors (Lipinski definition) is 3. The Bertz CT molecular complexity index is 916. The molecule has 2 fully saturated rings. The van der Waals surface area contributed by atoms with Gasteiger partial charge in [-0.25, -0.2) is 0 Å². The van der Waals surface area contributed by atoms with Gasteiger partial charge in [0.05, 0.1) is 25.0 Å². The average Bonchev–Trinajstić information content (AvgIpc) is 3.25. The number of rotatable bonds is 6. The number of primary amides is 1. The quantitative estimate of drug-likeness (QED) is 0.559. The SMILES string of the molecule is COCCN1C(=O)[C@@H]2[C@H](CCC(N)=O)N[C@]3(C(=O)Nc4c(C)cccc43)[C@@H]2C1=O. The second-order valence-electron chi connectivity index (χ2n) is 7.84. The van der Waals surface area contributed by atoms with Crippen molar-refractivity contribution in [2.45, 2.75) is 31.3 Å². The van der Waals surface area contributed by atoms with E-state index in [1.807, 2.05) is 19.1 Å². The zero-order valence-corrected chi connectivity index (χ0v) is 16.4. The number of aryl methyl sites for hydroxylation is 1. The van der Waals surface area contributed by atoms with Gasteiger partial charge in [0.1, 0.15) is 5.54 Å². The molecule has 0 bridgehead atoms. The van der Waals surface area contributed by atoms with Gasteiger partial charge >= 0.3 is 0 Å². The Morgan fingerprint density at radius 2 is 2.03 bits per heavy atom. The smallest absolute Gasteiger partial charge is 0.250 e. The number of carbonyl (C=O) groups excluding carboxylic acids is 4. The fourth-order valence-corrected chi connectivity index (χ4v) is 4.98. The summed E-state index contributed by atoms with van der Waals surface area (Å²) >= 11 is 0. The van der Waals surface area contributed by atoms with Crippen LogP contribution in [0.1, 0.15) is 24.0 Å². The molecule has 4 amide bonds. The molecule has 3 heterocycles. The maximum atomic E-state index is 13.3. The maximum Gasteiger partial charge on any atom is 0.250 e. The lowest BCUT2D eigenvalue weighted by Crippen LogP contribution is -2.53. The number of fused-ring (bicyclic) bond motifs is 4. The standard InChI is InChI=1S/C20H24N4O5/c1-10-4-3-5-11-16(10)22-19(28)20(11)15-14(12(23-20)6-7-13(21)25)17(26)24(18(15)27)8-9-29-2/h3-5,12,14-15,23H,6-9H2,1-2H3,(H2,21,25)(H,22,28)/t12-,14+,15-,20-/m0/s1. The summed E-state index contributed by atoms with van der Waals surface area (Å²) in [4.78, 5) is 52.2. The normalized spacial score (nSPS) is 30.1. The highest BCUT2D eigenvalue weighted by Crippen LogP contribution is 2.53. The van der Waals surface area contributed by atoms with Crippen molar-refractivity contribution in [1.29, 1.82) is 0 Å². The minimum Gasteiger partial charge on any atom is -0.383 e. The molecule has 0 aromatic heterocycles. The molecule has 2 saturated heterocycles. The van der Waals surface area contributed by atoms with Crippen molar-refractivity contribution < 1.29 is 23.9 Å². The number of anilines is 1. The molecule has 1 aromatic carbocycles. The van der Waals surface area contributed by atoms with Crippen molar-refractivity contribution in [3.8, 4) is 0 Å². The summed E-state index contributed by atoms with van der Waals surface area (Å²) < 4.78 is 5.04. The van der Waals surface area contributed by atoms with Gasteiger partial charge in [0.2, 0.25) is 23.6 Å². The third kappa shape index (κ3) is 2.68. The first-order valence-electron chi connectivity index (χ1n) is 9.64. The molecule has 0 unspecified atom stereocenters. The fraction of sp³-hybridized carbons (Fsp3) is 0.500. The zero-order valence-electron chi connectivity index (χ0n) is 16.4. The number of ether oxygens (including phenoxy) is 1.